The predicted octanol–water partition coefficient (Wildman–Crippen LogP) is 2.91. The van der Waals surface area contributed by atoms with Gasteiger partial charge in [-0.25, -0.2) is 4.98 Å². The zero-order valence-electron chi connectivity index (χ0n) is 14.5. The molecule has 0 radical (unpaired) electrons. The number of nitrogens with zero attached hydrogens (tertiary/aromatic N) is 5. The summed E-state index contributed by atoms with van der Waals surface area (Å²) in [5.74, 6) is 1.22. The number of aromatic nitrogens is 4. The SMILES string of the molecule is Cn1c([C@@H]2CCCN2C(=O)CCCn2cccn2)nc2ccccc21. The molecule has 130 valence electrons. The number of hydrogen-bond donors (Lipinski definition) is 0. The van der Waals surface area contributed by atoms with Crippen LogP contribution in [-0.4, -0.2) is 36.7 Å². The zero-order valence-corrected chi connectivity index (χ0v) is 14.5. The Hall–Kier alpha value is -2.63. The van der Waals surface area contributed by atoms with Crippen LogP contribution >= 0.6 is 0 Å². The highest BCUT2D eigenvalue weighted by Gasteiger charge is 2.32. The van der Waals surface area contributed by atoms with Crippen molar-refractivity contribution < 1.29 is 4.79 Å². The first-order valence-electron chi connectivity index (χ1n) is 8.92. The van der Waals surface area contributed by atoms with Gasteiger partial charge in [0.1, 0.15) is 5.82 Å². The second-order valence-electron chi connectivity index (χ2n) is 6.64. The van der Waals surface area contributed by atoms with Crippen LogP contribution in [-0.2, 0) is 18.4 Å². The fraction of sp³-hybridized carbons (Fsp3) is 0.421. The highest BCUT2D eigenvalue weighted by atomic mass is 16.2. The molecule has 3 heterocycles. The third-order valence-corrected chi connectivity index (χ3v) is 5.03. The molecule has 0 bridgehead atoms. The predicted molar refractivity (Wildman–Crippen MR) is 95.9 cm³/mol. The highest BCUT2D eigenvalue weighted by Crippen LogP contribution is 2.33. The van der Waals surface area contributed by atoms with Crippen molar-refractivity contribution in [1.82, 2.24) is 24.2 Å². The van der Waals surface area contributed by atoms with Crippen molar-refractivity contribution in [3.05, 3.63) is 48.5 Å². The molecule has 1 atom stereocenters. The number of aryl methyl sites for hydroxylation is 2. The van der Waals surface area contributed by atoms with Gasteiger partial charge in [0.25, 0.3) is 0 Å². The first-order chi connectivity index (χ1) is 12.2. The molecule has 1 aromatic carbocycles. The zero-order chi connectivity index (χ0) is 17.2. The lowest BCUT2D eigenvalue weighted by molar-refractivity contribution is -0.132. The summed E-state index contributed by atoms with van der Waals surface area (Å²) in [5.41, 5.74) is 2.12. The first kappa shape index (κ1) is 15.9. The number of hydrogen-bond acceptors (Lipinski definition) is 3. The molecule has 1 amide bonds. The molecule has 0 unspecified atom stereocenters. The first-order valence-corrected chi connectivity index (χ1v) is 8.92. The second-order valence-corrected chi connectivity index (χ2v) is 6.64. The van der Waals surface area contributed by atoms with E-state index >= 15 is 0 Å². The molecule has 0 saturated carbocycles. The maximum absolute atomic E-state index is 12.7. The number of carbonyl (C=O) groups excluding carboxylic acids is 1. The lowest BCUT2D eigenvalue weighted by Gasteiger charge is -2.24. The fourth-order valence-corrected chi connectivity index (χ4v) is 3.76. The van der Waals surface area contributed by atoms with Crippen LogP contribution in [0.4, 0.5) is 0 Å². The number of amides is 1. The van der Waals surface area contributed by atoms with Gasteiger partial charge in [-0.3, -0.25) is 9.48 Å². The monoisotopic (exact) mass is 337 g/mol. The largest absolute Gasteiger partial charge is 0.333 e. The van der Waals surface area contributed by atoms with Crippen LogP contribution in [0.15, 0.2) is 42.7 Å². The van der Waals surface area contributed by atoms with Crippen LogP contribution in [0.3, 0.4) is 0 Å². The Bertz CT molecular complexity index is 867. The van der Waals surface area contributed by atoms with Gasteiger partial charge in [0.2, 0.25) is 5.91 Å². The molecule has 1 aliphatic heterocycles. The van der Waals surface area contributed by atoms with Crippen molar-refractivity contribution in [3.63, 3.8) is 0 Å². The van der Waals surface area contributed by atoms with Gasteiger partial charge in [-0.2, -0.15) is 5.10 Å². The normalized spacial score (nSPS) is 17.5. The Kier molecular flexibility index (Phi) is 4.26. The number of para-hydroxylation sites is 2. The van der Waals surface area contributed by atoms with Crippen LogP contribution in [0.2, 0.25) is 0 Å². The Labute approximate surface area is 147 Å². The number of fused-ring (bicyclic) bond motifs is 1. The number of carbonyl (C=O) groups is 1. The highest BCUT2D eigenvalue weighted by molar-refractivity contribution is 5.78. The fourth-order valence-electron chi connectivity index (χ4n) is 3.76. The maximum atomic E-state index is 12.7. The summed E-state index contributed by atoms with van der Waals surface area (Å²) in [5, 5.41) is 4.19. The number of benzene rings is 1. The van der Waals surface area contributed by atoms with Crippen molar-refractivity contribution in [2.24, 2.45) is 7.05 Å². The van der Waals surface area contributed by atoms with E-state index < -0.39 is 0 Å². The molecular formula is C19H23N5O. The van der Waals surface area contributed by atoms with E-state index in [0.29, 0.717) is 6.42 Å². The molecule has 6 heteroatoms. The molecule has 25 heavy (non-hydrogen) atoms. The van der Waals surface area contributed by atoms with Gasteiger partial charge >= 0.3 is 0 Å². The van der Waals surface area contributed by atoms with E-state index in [1.165, 1.54) is 0 Å². The summed E-state index contributed by atoms with van der Waals surface area (Å²) in [7, 11) is 2.04. The van der Waals surface area contributed by atoms with E-state index in [1.54, 1.807) is 6.20 Å². The standard InChI is InChI=1S/C19H23N5O/c1-22-16-8-3-2-7-15(16)21-19(22)17-9-4-14-24(17)18(25)10-5-12-23-13-6-11-20-23/h2-3,6-8,11,13,17H,4-5,9-10,12,14H2,1H3/t17-/m0/s1. The topological polar surface area (TPSA) is 56.0 Å². The molecule has 0 N–H and O–H groups in total. The number of rotatable bonds is 5. The molecular weight excluding hydrogens is 314 g/mol. The smallest absolute Gasteiger partial charge is 0.223 e. The van der Waals surface area contributed by atoms with Crippen molar-refractivity contribution in [3.8, 4) is 0 Å². The Balaban J connectivity index is 1.47. The summed E-state index contributed by atoms with van der Waals surface area (Å²) in [6, 6.07) is 10.1. The average Bonchev–Trinajstić information content (AvgIpc) is 3.35. The number of likely N-dealkylation sites (tertiary alicyclic amines) is 1. The van der Waals surface area contributed by atoms with Gasteiger partial charge < -0.3 is 9.47 Å². The van der Waals surface area contributed by atoms with Gasteiger partial charge in [-0.15, -0.1) is 0 Å². The van der Waals surface area contributed by atoms with Crippen molar-refractivity contribution in [2.45, 2.75) is 38.3 Å². The molecule has 0 spiro atoms. The van der Waals surface area contributed by atoms with Crippen LogP contribution < -0.4 is 0 Å². The third kappa shape index (κ3) is 3.04. The Morgan fingerprint density at radius 3 is 2.96 bits per heavy atom. The summed E-state index contributed by atoms with van der Waals surface area (Å²) >= 11 is 0. The van der Waals surface area contributed by atoms with E-state index in [2.05, 4.69) is 15.7 Å². The molecule has 3 aromatic rings. The van der Waals surface area contributed by atoms with Crippen molar-refractivity contribution in [2.75, 3.05) is 6.54 Å². The number of imidazole rings is 1. The Morgan fingerprint density at radius 1 is 1.28 bits per heavy atom. The Morgan fingerprint density at radius 2 is 2.16 bits per heavy atom. The van der Waals surface area contributed by atoms with E-state index in [0.717, 1.165) is 49.2 Å². The molecule has 4 rings (SSSR count). The van der Waals surface area contributed by atoms with Crippen LogP contribution in [0, 0.1) is 0 Å². The van der Waals surface area contributed by atoms with Gasteiger partial charge in [0.15, 0.2) is 0 Å². The summed E-state index contributed by atoms with van der Waals surface area (Å²) < 4.78 is 4.01. The minimum Gasteiger partial charge on any atom is -0.333 e. The summed E-state index contributed by atoms with van der Waals surface area (Å²) in [4.78, 5) is 19.6. The van der Waals surface area contributed by atoms with Gasteiger partial charge in [0.05, 0.1) is 17.1 Å². The molecule has 1 fully saturated rings. The summed E-state index contributed by atoms with van der Waals surface area (Å²) in [6.45, 7) is 1.61. The van der Waals surface area contributed by atoms with Gasteiger partial charge in [-0.05, 0) is 37.5 Å². The molecule has 2 aromatic heterocycles. The van der Waals surface area contributed by atoms with Crippen molar-refractivity contribution in [1.29, 1.82) is 0 Å². The van der Waals surface area contributed by atoms with E-state index in [4.69, 9.17) is 4.98 Å². The minimum atomic E-state index is 0.0922. The molecule has 6 nitrogen and oxygen atoms in total. The van der Waals surface area contributed by atoms with Crippen LogP contribution in [0.1, 0.15) is 37.5 Å². The molecule has 1 saturated heterocycles. The van der Waals surface area contributed by atoms with E-state index in [-0.39, 0.29) is 11.9 Å². The van der Waals surface area contributed by atoms with E-state index in [1.807, 2.05) is 47.1 Å². The van der Waals surface area contributed by atoms with Gasteiger partial charge in [-0.1, -0.05) is 12.1 Å². The van der Waals surface area contributed by atoms with E-state index in [9.17, 15) is 4.79 Å². The molecule has 1 aliphatic rings. The second kappa shape index (κ2) is 6.70. The molecule has 0 aliphatic carbocycles. The van der Waals surface area contributed by atoms with Crippen LogP contribution in [0.5, 0.6) is 0 Å². The van der Waals surface area contributed by atoms with Crippen molar-refractivity contribution >= 4 is 16.9 Å². The minimum absolute atomic E-state index is 0.0922. The average molecular weight is 337 g/mol. The van der Waals surface area contributed by atoms with Gasteiger partial charge in [0, 0.05) is 39.0 Å². The third-order valence-electron chi connectivity index (χ3n) is 5.03. The quantitative estimate of drug-likeness (QED) is 0.719. The van der Waals surface area contributed by atoms with Crippen LogP contribution in [0.25, 0.3) is 11.0 Å². The maximum Gasteiger partial charge on any atom is 0.223 e. The lowest BCUT2D eigenvalue weighted by atomic mass is 10.2. The summed E-state index contributed by atoms with van der Waals surface area (Å²) in [6.07, 6.45) is 7.10. The lowest BCUT2D eigenvalue weighted by Crippen LogP contribution is -2.31.